The molecule has 0 bridgehead atoms. The lowest BCUT2D eigenvalue weighted by Crippen LogP contribution is -2.49. The second-order valence-electron chi connectivity index (χ2n) is 7.83. The second-order valence-corrected chi connectivity index (χ2v) is 7.83. The normalized spacial score (nSPS) is 21.4. The number of nitrogens with zero attached hydrogens (tertiary/aromatic N) is 2. The maximum absolute atomic E-state index is 12.8. The fourth-order valence-corrected chi connectivity index (χ4v) is 3.93. The van der Waals surface area contributed by atoms with Crippen LogP contribution in [0.4, 0.5) is 11.4 Å². The van der Waals surface area contributed by atoms with E-state index in [0.29, 0.717) is 6.42 Å². The summed E-state index contributed by atoms with van der Waals surface area (Å²) in [5.74, 6) is -0.253. The number of hydrogen-bond acceptors (Lipinski definition) is 3. The van der Waals surface area contributed by atoms with Crippen molar-refractivity contribution < 1.29 is 9.59 Å². The minimum atomic E-state index is -0.195. The van der Waals surface area contributed by atoms with E-state index in [2.05, 4.69) is 22.3 Å². The van der Waals surface area contributed by atoms with Crippen LogP contribution in [-0.2, 0) is 9.59 Å². The standard InChI is InChI=1S/C23H27N3O2/c1-16-7-6-10-21(17(16)2)24-22(27)19-15-20(19)23(28)26-13-11-25(12-14-26)18-8-4-3-5-9-18/h3-10,19-20H,11-15H2,1-2H3,(H,24,27). The Labute approximate surface area is 166 Å². The molecule has 1 saturated carbocycles. The van der Waals surface area contributed by atoms with Crippen LogP contribution in [0.25, 0.3) is 0 Å². The van der Waals surface area contributed by atoms with E-state index in [1.165, 1.54) is 5.69 Å². The summed E-state index contributed by atoms with van der Waals surface area (Å²) in [7, 11) is 0. The maximum Gasteiger partial charge on any atom is 0.228 e. The summed E-state index contributed by atoms with van der Waals surface area (Å²) >= 11 is 0. The van der Waals surface area contributed by atoms with Gasteiger partial charge in [0.05, 0.1) is 11.8 Å². The Hall–Kier alpha value is -2.82. The average Bonchev–Trinajstić information content (AvgIpc) is 3.53. The van der Waals surface area contributed by atoms with Crippen molar-refractivity contribution in [1.82, 2.24) is 4.90 Å². The number of rotatable bonds is 4. The van der Waals surface area contributed by atoms with Crippen LogP contribution in [0.5, 0.6) is 0 Å². The number of benzene rings is 2. The van der Waals surface area contributed by atoms with Gasteiger partial charge in [-0.05, 0) is 49.6 Å². The van der Waals surface area contributed by atoms with E-state index in [-0.39, 0.29) is 23.7 Å². The highest BCUT2D eigenvalue weighted by Gasteiger charge is 2.49. The van der Waals surface area contributed by atoms with Crippen molar-refractivity contribution in [3.05, 3.63) is 59.7 Å². The lowest BCUT2D eigenvalue weighted by Gasteiger charge is -2.36. The molecule has 0 spiro atoms. The molecule has 1 aliphatic heterocycles. The fourth-order valence-electron chi connectivity index (χ4n) is 3.93. The number of anilines is 2. The van der Waals surface area contributed by atoms with Crippen molar-refractivity contribution in [3.8, 4) is 0 Å². The van der Waals surface area contributed by atoms with Crippen molar-refractivity contribution in [1.29, 1.82) is 0 Å². The van der Waals surface area contributed by atoms with Crippen LogP contribution < -0.4 is 10.2 Å². The predicted molar refractivity (Wildman–Crippen MR) is 111 cm³/mol. The van der Waals surface area contributed by atoms with Gasteiger partial charge in [0.1, 0.15) is 0 Å². The first-order chi connectivity index (χ1) is 13.5. The zero-order valence-corrected chi connectivity index (χ0v) is 16.5. The first-order valence-corrected chi connectivity index (χ1v) is 10.0. The highest BCUT2D eigenvalue weighted by molar-refractivity contribution is 6.00. The quantitative estimate of drug-likeness (QED) is 0.890. The number of aryl methyl sites for hydroxylation is 1. The van der Waals surface area contributed by atoms with Gasteiger partial charge in [0, 0.05) is 37.6 Å². The van der Waals surface area contributed by atoms with Crippen LogP contribution in [-0.4, -0.2) is 42.9 Å². The molecule has 146 valence electrons. The molecule has 5 heteroatoms. The number of nitrogens with one attached hydrogen (secondary N) is 1. The smallest absolute Gasteiger partial charge is 0.228 e. The molecule has 0 radical (unpaired) electrons. The van der Waals surface area contributed by atoms with Crippen molar-refractivity contribution in [2.75, 3.05) is 36.4 Å². The number of carbonyl (C=O) groups is 2. The molecule has 1 saturated heterocycles. The van der Waals surface area contributed by atoms with Gasteiger partial charge in [-0.2, -0.15) is 0 Å². The predicted octanol–water partition coefficient (Wildman–Crippen LogP) is 3.23. The molecule has 1 N–H and O–H groups in total. The van der Waals surface area contributed by atoms with Crippen molar-refractivity contribution in [2.24, 2.45) is 11.8 Å². The SMILES string of the molecule is Cc1cccc(NC(=O)C2CC2C(=O)N2CCN(c3ccccc3)CC2)c1C. The van der Waals surface area contributed by atoms with Gasteiger partial charge >= 0.3 is 0 Å². The Morgan fingerprint density at radius 3 is 2.32 bits per heavy atom. The van der Waals surface area contributed by atoms with E-state index < -0.39 is 0 Å². The number of carbonyl (C=O) groups excluding carboxylic acids is 2. The molecular weight excluding hydrogens is 350 g/mol. The summed E-state index contributed by atoms with van der Waals surface area (Å²) in [4.78, 5) is 29.6. The third kappa shape index (κ3) is 3.75. The summed E-state index contributed by atoms with van der Waals surface area (Å²) in [6.07, 6.45) is 0.661. The molecule has 2 unspecified atom stereocenters. The second kappa shape index (κ2) is 7.66. The summed E-state index contributed by atoms with van der Waals surface area (Å²) in [6, 6.07) is 16.2. The molecule has 2 aliphatic rings. The van der Waals surface area contributed by atoms with Crippen molar-refractivity contribution in [3.63, 3.8) is 0 Å². The number of para-hydroxylation sites is 1. The summed E-state index contributed by atoms with van der Waals surface area (Å²) in [5.41, 5.74) is 4.28. The molecule has 2 fully saturated rings. The third-order valence-corrected chi connectivity index (χ3v) is 6.02. The lowest BCUT2D eigenvalue weighted by molar-refractivity contribution is -0.134. The van der Waals surface area contributed by atoms with Crippen LogP contribution >= 0.6 is 0 Å². The first-order valence-electron chi connectivity index (χ1n) is 10.0. The van der Waals surface area contributed by atoms with Gasteiger partial charge in [-0.25, -0.2) is 0 Å². The molecule has 2 aromatic carbocycles. The molecule has 4 rings (SSSR count). The summed E-state index contributed by atoms with van der Waals surface area (Å²) < 4.78 is 0. The van der Waals surface area contributed by atoms with Gasteiger partial charge in [-0.1, -0.05) is 30.3 Å². The highest BCUT2D eigenvalue weighted by Crippen LogP contribution is 2.41. The fraction of sp³-hybridized carbons (Fsp3) is 0.391. The molecule has 28 heavy (non-hydrogen) atoms. The molecule has 1 aliphatic carbocycles. The lowest BCUT2D eigenvalue weighted by atomic mass is 10.1. The Morgan fingerprint density at radius 2 is 1.61 bits per heavy atom. The topological polar surface area (TPSA) is 52.7 Å². The molecule has 2 aromatic rings. The van der Waals surface area contributed by atoms with Gasteiger partial charge in [0.15, 0.2) is 0 Å². The van der Waals surface area contributed by atoms with Crippen LogP contribution in [0.2, 0.25) is 0 Å². The van der Waals surface area contributed by atoms with E-state index >= 15 is 0 Å². The van der Waals surface area contributed by atoms with Crippen LogP contribution in [0.3, 0.4) is 0 Å². The van der Waals surface area contributed by atoms with E-state index in [1.54, 1.807) is 0 Å². The average molecular weight is 377 g/mol. The van der Waals surface area contributed by atoms with Gasteiger partial charge in [-0.3, -0.25) is 9.59 Å². The van der Waals surface area contributed by atoms with E-state index in [1.807, 2.05) is 55.1 Å². The first kappa shape index (κ1) is 18.5. The van der Waals surface area contributed by atoms with Crippen molar-refractivity contribution in [2.45, 2.75) is 20.3 Å². The number of hydrogen-bond donors (Lipinski definition) is 1. The largest absolute Gasteiger partial charge is 0.368 e. The van der Waals surface area contributed by atoms with Gasteiger partial charge in [0.25, 0.3) is 0 Å². The molecule has 1 heterocycles. The van der Waals surface area contributed by atoms with E-state index in [9.17, 15) is 9.59 Å². The Bertz CT molecular complexity index is 873. The molecule has 0 aromatic heterocycles. The zero-order chi connectivity index (χ0) is 19.7. The Kier molecular flexibility index (Phi) is 5.07. The monoisotopic (exact) mass is 377 g/mol. The molecule has 5 nitrogen and oxygen atoms in total. The zero-order valence-electron chi connectivity index (χ0n) is 16.5. The molecule has 2 amide bonds. The minimum absolute atomic E-state index is 0.0324. The minimum Gasteiger partial charge on any atom is -0.368 e. The Balaban J connectivity index is 1.30. The van der Waals surface area contributed by atoms with Crippen molar-refractivity contribution >= 4 is 23.2 Å². The summed E-state index contributed by atoms with van der Waals surface area (Å²) in [5, 5.41) is 3.01. The van der Waals surface area contributed by atoms with Crippen LogP contribution in [0.1, 0.15) is 17.5 Å². The van der Waals surface area contributed by atoms with Crippen LogP contribution in [0, 0.1) is 25.7 Å². The van der Waals surface area contributed by atoms with Gasteiger partial charge in [0.2, 0.25) is 11.8 Å². The summed E-state index contributed by atoms with van der Waals surface area (Å²) in [6.45, 7) is 7.14. The molecular formula is C23H27N3O2. The van der Waals surface area contributed by atoms with Gasteiger partial charge < -0.3 is 15.1 Å². The van der Waals surface area contributed by atoms with E-state index in [4.69, 9.17) is 0 Å². The number of piperazine rings is 1. The number of amides is 2. The highest BCUT2D eigenvalue weighted by atomic mass is 16.2. The van der Waals surface area contributed by atoms with Crippen LogP contribution in [0.15, 0.2) is 48.5 Å². The third-order valence-electron chi connectivity index (χ3n) is 6.02. The molecule has 2 atom stereocenters. The van der Waals surface area contributed by atoms with Gasteiger partial charge in [-0.15, -0.1) is 0 Å². The van der Waals surface area contributed by atoms with E-state index in [0.717, 1.165) is 43.0 Å². The Morgan fingerprint density at radius 1 is 0.893 bits per heavy atom. The maximum atomic E-state index is 12.8.